The molecule has 0 spiro atoms. The van der Waals surface area contributed by atoms with Crippen LogP contribution in [-0.4, -0.2) is 82.6 Å². The molecule has 0 heterocycles. The second kappa shape index (κ2) is 10.9. The van der Waals surface area contributed by atoms with E-state index in [2.05, 4.69) is 38.2 Å². The van der Waals surface area contributed by atoms with E-state index < -0.39 is 58.0 Å². The van der Waals surface area contributed by atoms with Crippen LogP contribution in [0.3, 0.4) is 0 Å². The highest BCUT2D eigenvalue weighted by Crippen LogP contribution is 2.54. The summed E-state index contributed by atoms with van der Waals surface area (Å²) in [6.07, 6.45) is 0.244. The summed E-state index contributed by atoms with van der Waals surface area (Å²) < 4.78 is 0. The number of Topliss-reactive ketones (excluding diaryl/α,β-unsaturated/α-hetero) is 2. The van der Waals surface area contributed by atoms with Crippen molar-refractivity contribution in [3.8, 4) is 5.75 Å². The van der Waals surface area contributed by atoms with Crippen molar-refractivity contribution in [3.05, 3.63) is 75.3 Å². The summed E-state index contributed by atoms with van der Waals surface area (Å²) in [5.74, 6) is -6.75. The van der Waals surface area contributed by atoms with Crippen molar-refractivity contribution in [1.82, 2.24) is 4.90 Å². The van der Waals surface area contributed by atoms with Crippen LogP contribution in [0.25, 0.3) is 0 Å². The molecule has 0 radical (unpaired) electrons. The lowest BCUT2D eigenvalue weighted by atomic mass is 9.58. The lowest BCUT2D eigenvalue weighted by Crippen LogP contribution is -2.63. The van der Waals surface area contributed by atoms with Crippen LogP contribution in [0.5, 0.6) is 5.75 Å². The molecule has 3 aliphatic carbocycles. The number of nitrogens with zero attached hydrogens (tertiary/aromatic N) is 2. The molecular weight excluding hydrogens is 576 g/mol. The highest BCUT2D eigenvalue weighted by molar-refractivity contribution is 6.25. The number of carbonyl (C=O) groups excluding carboxylic acids is 3. The lowest BCUT2D eigenvalue weighted by molar-refractivity contribution is -0.148. The number of likely N-dealkylation sites (N-methyl/N-ethyl adjacent to an activating group) is 1. The number of nitrogens with two attached hydrogens (primary N) is 1. The number of hydrogen-bond donors (Lipinski definition) is 6. The van der Waals surface area contributed by atoms with Crippen molar-refractivity contribution in [3.63, 3.8) is 0 Å². The summed E-state index contributed by atoms with van der Waals surface area (Å²) in [6, 6.07) is 8.85. The van der Waals surface area contributed by atoms with Gasteiger partial charge < -0.3 is 36.4 Å². The number of anilines is 2. The maximum absolute atomic E-state index is 14.2. The van der Waals surface area contributed by atoms with Crippen molar-refractivity contribution in [2.75, 3.05) is 38.4 Å². The van der Waals surface area contributed by atoms with Gasteiger partial charge in [0.15, 0.2) is 11.4 Å². The fraction of sp³-hybridized carbons (Fsp3) is 0.441. The normalized spacial score (nSPS) is 24.8. The Morgan fingerprint density at radius 3 is 2.22 bits per heavy atom. The van der Waals surface area contributed by atoms with Crippen molar-refractivity contribution >= 4 is 28.8 Å². The van der Waals surface area contributed by atoms with E-state index in [1.807, 2.05) is 31.1 Å². The molecule has 11 nitrogen and oxygen atoms in total. The summed E-state index contributed by atoms with van der Waals surface area (Å²) in [5.41, 5.74) is 5.39. The van der Waals surface area contributed by atoms with Gasteiger partial charge >= 0.3 is 0 Å². The smallest absolute Gasteiger partial charge is 0.255 e. The first kappa shape index (κ1) is 32.1. The number of carbonyl (C=O) groups is 3. The number of allylic oxidation sites excluding steroid dienone is 1. The first-order chi connectivity index (χ1) is 20.9. The number of hydrogen-bond acceptors (Lipinski definition) is 10. The summed E-state index contributed by atoms with van der Waals surface area (Å²) in [4.78, 5) is 43.4. The van der Waals surface area contributed by atoms with Crippen molar-refractivity contribution < 1.29 is 34.8 Å². The van der Waals surface area contributed by atoms with Gasteiger partial charge in [-0.15, -0.1) is 0 Å². The molecule has 3 aliphatic rings. The molecule has 5 rings (SSSR count). The third kappa shape index (κ3) is 4.94. The zero-order valence-electron chi connectivity index (χ0n) is 26.7. The van der Waals surface area contributed by atoms with Crippen LogP contribution in [0.4, 0.5) is 11.4 Å². The predicted molar refractivity (Wildman–Crippen MR) is 170 cm³/mol. The van der Waals surface area contributed by atoms with E-state index in [0.717, 1.165) is 5.56 Å². The molecule has 0 bridgehead atoms. The predicted octanol–water partition coefficient (Wildman–Crippen LogP) is 3.10. The van der Waals surface area contributed by atoms with Crippen LogP contribution in [-0.2, 0) is 28.0 Å². The molecule has 0 saturated heterocycles. The Morgan fingerprint density at radius 2 is 1.69 bits per heavy atom. The third-order valence-electron chi connectivity index (χ3n) is 9.48. The molecule has 7 N–H and O–H groups in total. The number of nitrogens with one attached hydrogen (secondary N) is 1. The molecule has 11 heteroatoms. The molecule has 0 fully saturated rings. The van der Waals surface area contributed by atoms with E-state index in [0.29, 0.717) is 23.5 Å². The van der Waals surface area contributed by atoms with Crippen molar-refractivity contribution in [1.29, 1.82) is 0 Å². The Balaban J connectivity index is 1.60. The number of phenols is 1. The molecule has 2 aromatic carbocycles. The maximum atomic E-state index is 14.2. The van der Waals surface area contributed by atoms with Gasteiger partial charge in [-0.3, -0.25) is 19.3 Å². The van der Waals surface area contributed by atoms with Gasteiger partial charge in [0, 0.05) is 37.8 Å². The summed E-state index contributed by atoms with van der Waals surface area (Å²) in [7, 11) is 6.85. The molecule has 0 aromatic heterocycles. The Morgan fingerprint density at radius 1 is 1.07 bits per heavy atom. The average Bonchev–Trinajstić information content (AvgIpc) is 2.93. The third-order valence-corrected chi connectivity index (χ3v) is 9.48. The average molecular weight is 619 g/mol. The van der Waals surface area contributed by atoms with Crippen LogP contribution >= 0.6 is 0 Å². The van der Waals surface area contributed by atoms with Gasteiger partial charge in [-0.2, -0.15) is 0 Å². The fourth-order valence-corrected chi connectivity index (χ4v) is 7.15. The summed E-state index contributed by atoms with van der Waals surface area (Å²) in [6.45, 7) is 6.77. The number of rotatable bonds is 6. The molecule has 1 amide bonds. The van der Waals surface area contributed by atoms with Crippen molar-refractivity contribution in [2.45, 2.75) is 57.2 Å². The van der Waals surface area contributed by atoms with E-state index in [1.165, 1.54) is 10.5 Å². The Hall–Kier alpha value is -4.35. The highest BCUT2D eigenvalue weighted by Gasteiger charge is 2.63. The zero-order chi connectivity index (χ0) is 33.3. The Labute approximate surface area is 262 Å². The van der Waals surface area contributed by atoms with Crippen LogP contribution in [0, 0.1) is 11.8 Å². The van der Waals surface area contributed by atoms with Crippen molar-refractivity contribution in [2.24, 2.45) is 17.6 Å². The summed E-state index contributed by atoms with van der Waals surface area (Å²) >= 11 is 0. The maximum Gasteiger partial charge on any atom is 0.255 e. The van der Waals surface area contributed by atoms with E-state index in [-0.39, 0.29) is 35.1 Å². The minimum Gasteiger partial charge on any atom is -0.510 e. The number of amides is 1. The van der Waals surface area contributed by atoms with E-state index >= 15 is 0 Å². The molecule has 4 atom stereocenters. The number of aliphatic hydroxyl groups is 3. The number of aliphatic hydroxyl groups excluding tert-OH is 2. The van der Waals surface area contributed by atoms with E-state index in [1.54, 1.807) is 20.2 Å². The van der Waals surface area contributed by atoms with Crippen LogP contribution in [0.1, 0.15) is 54.2 Å². The van der Waals surface area contributed by atoms with E-state index in [9.17, 15) is 34.8 Å². The van der Waals surface area contributed by atoms with Gasteiger partial charge in [0.1, 0.15) is 22.8 Å². The van der Waals surface area contributed by atoms with Crippen LogP contribution in [0.2, 0.25) is 0 Å². The minimum absolute atomic E-state index is 0.00177. The van der Waals surface area contributed by atoms with Crippen LogP contribution < -0.4 is 16.0 Å². The first-order valence-corrected chi connectivity index (χ1v) is 14.9. The lowest BCUT2D eigenvalue weighted by Gasteiger charge is -2.50. The Kier molecular flexibility index (Phi) is 7.78. The van der Waals surface area contributed by atoms with Gasteiger partial charge in [0.2, 0.25) is 5.78 Å². The van der Waals surface area contributed by atoms with Gasteiger partial charge in [-0.25, -0.2) is 0 Å². The Bertz CT molecular complexity index is 1670. The fourth-order valence-electron chi connectivity index (χ4n) is 7.15. The topological polar surface area (TPSA) is 177 Å². The molecule has 0 aliphatic heterocycles. The number of benzene rings is 2. The molecular formula is C34H42N4O7. The number of aromatic hydroxyl groups is 1. The molecule has 45 heavy (non-hydrogen) atoms. The zero-order valence-corrected chi connectivity index (χ0v) is 26.7. The highest BCUT2D eigenvalue weighted by atomic mass is 16.3. The molecule has 0 unspecified atom stereocenters. The second-order valence-corrected chi connectivity index (χ2v) is 13.8. The minimum atomic E-state index is -2.68. The van der Waals surface area contributed by atoms with Gasteiger partial charge in [0.25, 0.3) is 5.91 Å². The number of primary amides is 1. The van der Waals surface area contributed by atoms with Gasteiger partial charge in [0.05, 0.1) is 17.3 Å². The van der Waals surface area contributed by atoms with Gasteiger partial charge in [-0.1, -0.05) is 45.0 Å². The SMILES string of the molecule is CN(C)c1cc(NCc2ccc(C(C)(C)C)cc2)c(O)c2c1C[C@@H]1C[C@@H]3[C@@H](N(C)C)C(O)=C(C(N)=O)C(=O)[C@]3(O)C(O)=C1C2=O. The number of phenolic OH excluding ortho intramolecular Hbond substituents is 1. The van der Waals surface area contributed by atoms with Gasteiger partial charge in [-0.05, 0) is 61.0 Å². The monoisotopic (exact) mass is 618 g/mol. The quantitative estimate of drug-likeness (QED) is 0.208. The molecule has 0 saturated carbocycles. The summed E-state index contributed by atoms with van der Waals surface area (Å²) in [5, 5.41) is 49.1. The molecule has 240 valence electrons. The first-order valence-electron chi connectivity index (χ1n) is 14.9. The standard InChI is InChI=1S/C34H42N4O7/c1-33(2,3)18-10-8-16(9-11-18)15-36-21-14-22(37(4)5)19-12-17-13-20-26(38(6)7)29(41)25(32(35)44)31(43)34(20,45)30(42)23(17)28(40)24(19)27(21)39/h8-11,14,17,20,26,36,39,41-42,45H,12-13,15H2,1-7H3,(H2,35,44)/t17-,20-,26-,34-/m1/s1. The number of ketones is 2. The second-order valence-electron chi connectivity index (χ2n) is 13.8. The van der Waals surface area contributed by atoms with E-state index in [4.69, 9.17) is 5.73 Å². The number of fused-ring (bicyclic) bond motifs is 3. The van der Waals surface area contributed by atoms with Crippen LogP contribution in [0.15, 0.2) is 53.0 Å². The largest absolute Gasteiger partial charge is 0.510 e. The molecule has 2 aromatic rings.